The molecular formula is C26H24Cl2FN3O3. The molecule has 1 aromatic heterocycles. The molecule has 3 aromatic carbocycles. The van der Waals surface area contributed by atoms with Crippen LogP contribution < -0.4 is 14.8 Å². The topological polar surface area (TPSA) is 65.5 Å². The number of halogens is 3. The molecule has 1 N–H and O–H groups in total. The average molecular weight is 516 g/mol. The number of benzene rings is 3. The van der Waals surface area contributed by atoms with E-state index in [1.165, 1.54) is 18.5 Å². The first-order valence-electron chi connectivity index (χ1n) is 11.1. The largest absolute Gasteiger partial charge is 0.486 e. The molecule has 0 saturated carbocycles. The first-order chi connectivity index (χ1) is 16.7. The summed E-state index contributed by atoms with van der Waals surface area (Å²) in [4.78, 5) is 8.82. The molecule has 4 aromatic rings. The van der Waals surface area contributed by atoms with Crippen molar-refractivity contribution in [2.24, 2.45) is 0 Å². The zero-order valence-electron chi connectivity index (χ0n) is 18.7. The first kappa shape index (κ1) is 25.0. The van der Waals surface area contributed by atoms with Gasteiger partial charge in [-0.25, -0.2) is 14.4 Å². The molecule has 0 amide bonds. The van der Waals surface area contributed by atoms with Gasteiger partial charge in [-0.3, -0.25) is 0 Å². The number of aromatic nitrogens is 2. The molecule has 0 aliphatic carbocycles. The molecule has 182 valence electrons. The summed E-state index contributed by atoms with van der Waals surface area (Å²) in [5, 5.41) is 3.98. The molecule has 0 unspecified atom stereocenters. The van der Waals surface area contributed by atoms with Crippen LogP contribution in [0, 0.1) is 5.82 Å². The molecule has 9 heteroatoms. The maximum Gasteiger partial charge on any atom is 0.163 e. The Balaban J connectivity index is 0.00000289. The summed E-state index contributed by atoms with van der Waals surface area (Å²) in [6.45, 7) is 1.74. The Morgan fingerprint density at radius 3 is 2.57 bits per heavy atom. The number of hydrogen-bond acceptors (Lipinski definition) is 6. The predicted octanol–water partition coefficient (Wildman–Crippen LogP) is 6.72. The molecule has 0 bridgehead atoms. The van der Waals surface area contributed by atoms with Crippen LogP contribution >= 0.6 is 24.0 Å². The third-order valence-corrected chi connectivity index (χ3v) is 5.87. The second-order valence-corrected chi connectivity index (χ2v) is 8.40. The molecular weight excluding hydrogens is 492 g/mol. The highest BCUT2D eigenvalue weighted by Crippen LogP contribution is 2.37. The summed E-state index contributed by atoms with van der Waals surface area (Å²) < 4.78 is 31.6. The van der Waals surface area contributed by atoms with E-state index in [0.29, 0.717) is 48.3 Å². The summed E-state index contributed by atoms with van der Waals surface area (Å²) in [7, 11) is 0. The van der Waals surface area contributed by atoms with Gasteiger partial charge in [-0.1, -0.05) is 41.9 Å². The van der Waals surface area contributed by atoms with E-state index in [1.807, 2.05) is 42.5 Å². The average Bonchev–Trinajstić information content (AvgIpc) is 2.87. The number of hydrogen-bond donors (Lipinski definition) is 1. The van der Waals surface area contributed by atoms with Crippen molar-refractivity contribution in [1.29, 1.82) is 0 Å². The first-order valence-corrected chi connectivity index (χ1v) is 11.5. The Kier molecular flexibility index (Phi) is 8.23. The van der Waals surface area contributed by atoms with Gasteiger partial charge >= 0.3 is 0 Å². The lowest BCUT2D eigenvalue weighted by molar-refractivity contribution is 0.0242. The normalized spacial score (nSPS) is 13.8. The minimum Gasteiger partial charge on any atom is -0.486 e. The number of fused-ring (bicyclic) bond motifs is 1. The second kappa shape index (κ2) is 11.5. The van der Waals surface area contributed by atoms with Crippen LogP contribution in [0.15, 0.2) is 67.0 Å². The summed E-state index contributed by atoms with van der Waals surface area (Å²) in [6.07, 6.45) is 3.11. The Bertz CT molecular complexity index is 1290. The van der Waals surface area contributed by atoms with Crippen LogP contribution in [-0.4, -0.2) is 29.3 Å². The molecule has 0 radical (unpaired) electrons. The van der Waals surface area contributed by atoms with E-state index in [9.17, 15) is 4.39 Å². The summed E-state index contributed by atoms with van der Waals surface area (Å²) in [5.41, 5.74) is 2.36. The van der Waals surface area contributed by atoms with E-state index in [2.05, 4.69) is 15.3 Å². The molecule has 1 fully saturated rings. The highest BCUT2D eigenvalue weighted by molar-refractivity contribution is 6.31. The zero-order valence-corrected chi connectivity index (χ0v) is 20.3. The number of ether oxygens (including phenoxy) is 3. The van der Waals surface area contributed by atoms with Crippen molar-refractivity contribution < 1.29 is 18.6 Å². The van der Waals surface area contributed by atoms with E-state index in [4.69, 9.17) is 25.8 Å². The van der Waals surface area contributed by atoms with Gasteiger partial charge in [-0.05, 0) is 29.8 Å². The highest BCUT2D eigenvalue weighted by atomic mass is 35.5. The predicted molar refractivity (Wildman–Crippen MR) is 137 cm³/mol. The van der Waals surface area contributed by atoms with Crippen LogP contribution in [0.4, 0.5) is 15.9 Å². The van der Waals surface area contributed by atoms with E-state index in [-0.39, 0.29) is 23.5 Å². The van der Waals surface area contributed by atoms with Crippen LogP contribution in [0.3, 0.4) is 0 Å². The summed E-state index contributed by atoms with van der Waals surface area (Å²) >= 11 is 5.94. The maximum atomic E-state index is 13.6. The van der Waals surface area contributed by atoms with Crippen LogP contribution in [0.5, 0.6) is 11.5 Å². The van der Waals surface area contributed by atoms with Gasteiger partial charge in [-0.2, -0.15) is 0 Å². The van der Waals surface area contributed by atoms with E-state index >= 15 is 0 Å². The van der Waals surface area contributed by atoms with Gasteiger partial charge in [0.1, 0.15) is 30.7 Å². The van der Waals surface area contributed by atoms with Gasteiger partial charge in [0.25, 0.3) is 0 Å². The van der Waals surface area contributed by atoms with E-state index < -0.39 is 5.82 Å². The molecule has 1 saturated heterocycles. The van der Waals surface area contributed by atoms with Crippen molar-refractivity contribution in [1.82, 2.24) is 9.97 Å². The molecule has 2 heterocycles. The fourth-order valence-electron chi connectivity index (χ4n) is 3.79. The van der Waals surface area contributed by atoms with Gasteiger partial charge in [0.15, 0.2) is 11.5 Å². The van der Waals surface area contributed by atoms with Crippen molar-refractivity contribution in [3.05, 3.63) is 83.4 Å². The lowest BCUT2D eigenvalue weighted by Gasteiger charge is -2.25. The molecule has 0 atom stereocenters. The number of anilines is 2. The summed E-state index contributed by atoms with van der Waals surface area (Å²) in [5.74, 6) is 1.30. The molecule has 6 nitrogen and oxygen atoms in total. The van der Waals surface area contributed by atoms with Crippen molar-refractivity contribution in [3.63, 3.8) is 0 Å². The van der Waals surface area contributed by atoms with Crippen molar-refractivity contribution in [3.8, 4) is 11.5 Å². The van der Waals surface area contributed by atoms with Gasteiger partial charge < -0.3 is 19.5 Å². The summed E-state index contributed by atoms with van der Waals surface area (Å²) in [6, 6.07) is 18.1. The minimum atomic E-state index is -0.480. The standard InChI is InChI=1S/C26H23ClFN3O3.ClH/c27-21-12-18(6-7-22(21)28)31-26-20-13-25(34-19-8-10-32-11-9-19)24(14-23(20)29-16-30-26)33-15-17-4-2-1-3-5-17;/h1-7,12-14,16,19H,8-11,15H2,(H,29,30,31);1H. The Hall–Kier alpha value is -3.13. The monoisotopic (exact) mass is 515 g/mol. The molecule has 1 aliphatic heterocycles. The van der Waals surface area contributed by atoms with Crippen molar-refractivity contribution >= 4 is 46.4 Å². The molecule has 0 spiro atoms. The van der Waals surface area contributed by atoms with E-state index in [1.54, 1.807) is 6.07 Å². The van der Waals surface area contributed by atoms with Gasteiger partial charge in [-0.15, -0.1) is 12.4 Å². The highest BCUT2D eigenvalue weighted by Gasteiger charge is 2.20. The smallest absolute Gasteiger partial charge is 0.163 e. The third-order valence-electron chi connectivity index (χ3n) is 5.58. The fourth-order valence-corrected chi connectivity index (χ4v) is 3.97. The zero-order chi connectivity index (χ0) is 23.3. The second-order valence-electron chi connectivity index (χ2n) is 8.00. The minimum absolute atomic E-state index is 0. The van der Waals surface area contributed by atoms with Gasteiger partial charge in [0, 0.05) is 30.0 Å². The van der Waals surface area contributed by atoms with Crippen LogP contribution in [0.1, 0.15) is 18.4 Å². The van der Waals surface area contributed by atoms with Crippen molar-refractivity contribution in [2.45, 2.75) is 25.6 Å². The Morgan fingerprint density at radius 2 is 1.80 bits per heavy atom. The van der Waals surface area contributed by atoms with Crippen LogP contribution in [-0.2, 0) is 11.3 Å². The van der Waals surface area contributed by atoms with Gasteiger partial charge in [0.05, 0.1) is 23.8 Å². The number of rotatable bonds is 7. The fraction of sp³-hybridized carbons (Fsp3) is 0.231. The molecule has 35 heavy (non-hydrogen) atoms. The molecule has 1 aliphatic rings. The maximum absolute atomic E-state index is 13.6. The lowest BCUT2D eigenvalue weighted by Crippen LogP contribution is -2.26. The van der Waals surface area contributed by atoms with Crippen molar-refractivity contribution in [2.75, 3.05) is 18.5 Å². The SMILES string of the molecule is Cl.Fc1ccc(Nc2ncnc3cc(OCc4ccccc4)c(OC4CCOCC4)cc23)cc1Cl. The van der Waals surface area contributed by atoms with Gasteiger partial charge in [0.2, 0.25) is 0 Å². The third kappa shape index (κ3) is 6.11. The Labute approximate surface area is 213 Å². The lowest BCUT2D eigenvalue weighted by atomic mass is 10.1. The van der Waals surface area contributed by atoms with Crippen LogP contribution in [0.2, 0.25) is 5.02 Å². The molecule has 5 rings (SSSR count). The number of nitrogens with one attached hydrogen (secondary N) is 1. The quantitative estimate of drug-likeness (QED) is 0.294. The Morgan fingerprint density at radius 1 is 1.00 bits per heavy atom. The number of nitrogens with zero attached hydrogens (tertiary/aromatic N) is 2. The van der Waals surface area contributed by atoms with Crippen LogP contribution in [0.25, 0.3) is 10.9 Å². The van der Waals surface area contributed by atoms with E-state index in [0.717, 1.165) is 23.8 Å².